The molecule has 2 N–H and O–H groups in total. The van der Waals surface area contributed by atoms with Crippen molar-refractivity contribution in [1.29, 1.82) is 0 Å². The highest BCUT2D eigenvalue weighted by atomic mass is 32.2. The van der Waals surface area contributed by atoms with E-state index in [2.05, 4.69) is 9.71 Å². The van der Waals surface area contributed by atoms with Crippen LogP contribution in [0.25, 0.3) is 0 Å². The number of nitrogens with one attached hydrogen (secondary N) is 1. The van der Waals surface area contributed by atoms with Crippen LogP contribution in [0.1, 0.15) is 20.1 Å². The lowest BCUT2D eigenvalue weighted by molar-refractivity contribution is 0.0702. The number of aryl methyl sites for hydroxylation is 1. The van der Waals surface area contributed by atoms with E-state index >= 15 is 0 Å². The first-order valence-corrected chi connectivity index (χ1v) is 7.92. The number of nitrogens with zero attached hydrogens (tertiary/aromatic N) is 1. The molecule has 0 aliphatic carbocycles. The van der Waals surface area contributed by atoms with Crippen molar-refractivity contribution in [2.24, 2.45) is 0 Å². The number of carbonyl (C=O) groups is 1. The zero-order valence-corrected chi connectivity index (χ0v) is 12.2. The van der Waals surface area contributed by atoms with Gasteiger partial charge in [0.1, 0.15) is 4.88 Å². The molecule has 2 rings (SSSR count). The smallest absolute Gasteiger partial charge is 0.345 e. The van der Waals surface area contributed by atoms with Crippen LogP contribution in [-0.4, -0.2) is 24.5 Å². The molecule has 8 heteroatoms. The van der Waals surface area contributed by atoms with Crippen molar-refractivity contribution in [3.05, 3.63) is 45.9 Å². The van der Waals surface area contributed by atoms with Crippen molar-refractivity contribution in [3.63, 3.8) is 0 Å². The second-order valence-electron chi connectivity index (χ2n) is 4.02. The first kappa shape index (κ1) is 14.6. The zero-order chi connectivity index (χ0) is 14.8. The summed E-state index contributed by atoms with van der Waals surface area (Å²) in [7, 11) is -3.73. The van der Waals surface area contributed by atoms with Gasteiger partial charge in [0.05, 0.1) is 4.90 Å². The molecule has 0 radical (unpaired) electrons. The summed E-state index contributed by atoms with van der Waals surface area (Å²) in [6.45, 7) is 1.68. The van der Waals surface area contributed by atoms with Crippen LogP contribution in [0.5, 0.6) is 0 Å². The number of pyridine rings is 1. The van der Waals surface area contributed by atoms with E-state index in [1.165, 1.54) is 6.07 Å². The van der Waals surface area contributed by atoms with Crippen LogP contribution in [0.15, 0.2) is 35.5 Å². The zero-order valence-electron chi connectivity index (χ0n) is 10.5. The van der Waals surface area contributed by atoms with E-state index in [-0.39, 0.29) is 16.3 Å². The Labute approximate surface area is 120 Å². The first-order valence-electron chi connectivity index (χ1n) is 5.62. The number of hydrogen-bond donors (Lipinski definition) is 2. The molecule has 0 aromatic carbocycles. The van der Waals surface area contributed by atoms with Crippen LogP contribution in [0.3, 0.4) is 0 Å². The normalized spacial score (nSPS) is 11.4. The SMILES string of the molecule is Cc1sc(C(=O)O)cc1S(=O)(=O)NCc1cccnc1. The Balaban J connectivity index is 2.20. The van der Waals surface area contributed by atoms with Gasteiger partial charge in [0.2, 0.25) is 10.0 Å². The van der Waals surface area contributed by atoms with Crippen molar-refractivity contribution < 1.29 is 18.3 Å². The number of thiophene rings is 1. The summed E-state index contributed by atoms with van der Waals surface area (Å²) in [6, 6.07) is 4.63. The predicted octanol–water partition coefficient (Wildman–Crippen LogP) is 1.63. The molecule has 0 amide bonds. The second kappa shape index (κ2) is 5.70. The minimum Gasteiger partial charge on any atom is -0.477 e. The molecule has 0 aliphatic heterocycles. The summed E-state index contributed by atoms with van der Waals surface area (Å²) < 4.78 is 26.7. The summed E-state index contributed by atoms with van der Waals surface area (Å²) >= 11 is 0.940. The highest BCUT2D eigenvalue weighted by molar-refractivity contribution is 7.89. The summed E-state index contributed by atoms with van der Waals surface area (Å²) in [5, 5.41) is 8.88. The van der Waals surface area contributed by atoms with Gasteiger partial charge in [-0.05, 0) is 24.6 Å². The lowest BCUT2D eigenvalue weighted by Gasteiger charge is -2.05. The van der Waals surface area contributed by atoms with E-state index in [0.29, 0.717) is 4.88 Å². The van der Waals surface area contributed by atoms with Gasteiger partial charge < -0.3 is 5.11 Å². The molecule has 2 heterocycles. The fraction of sp³-hybridized carbons (Fsp3) is 0.167. The van der Waals surface area contributed by atoms with Crippen molar-refractivity contribution in [2.75, 3.05) is 0 Å². The third-order valence-corrected chi connectivity index (χ3v) is 5.26. The minimum atomic E-state index is -3.73. The molecule has 0 unspecified atom stereocenters. The van der Waals surface area contributed by atoms with Crippen LogP contribution in [0.4, 0.5) is 0 Å². The molecule has 0 spiro atoms. The number of hydrogen-bond acceptors (Lipinski definition) is 5. The van der Waals surface area contributed by atoms with Gasteiger partial charge in [-0.3, -0.25) is 4.98 Å². The van der Waals surface area contributed by atoms with Crippen LogP contribution in [-0.2, 0) is 16.6 Å². The highest BCUT2D eigenvalue weighted by Crippen LogP contribution is 2.25. The van der Waals surface area contributed by atoms with Crippen molar-refractivity contribution in [3.8, 4) is 0 Å². The third-order valence-electron chi connectivity index (χ3n) is 2.56. The van der Waals surface area contributed by atoms with Gasteiger partial charge in [0, 0.05) is 23.8 Å². The number of aromatic carboxylic acids is 1. The summed E-state index contributed by atoms with van der Waals surface area (Å²) in [4.78, 5) is 15.2. The molecular weight excluding hydrogens is 300 g/mol. The maximum atomic E-state index is 12.1. The lowest BCUT2D eigenvalue weighted by Crippen LogP contribution is -2.23. The van der Waals surface area contributed by atoms with Gasteiger partial charge in [0.15, 0.2) is 0 Å². The van der Waals surface area contributed by atoms with Gasteiger partial charge in [-0.15, -0.1) is 11.3 Å². The van der Waals surface area contributed by atoms with Crippen LogP contribution < -0.4 is 4.72 Å². The van der Waals surface area contributed by atoms with Gasteiger partial charge >= 0.3 is 5.97 Å². The van der Waals surface area contributed by atoms with Gasteiger partial charge in [0.25, 0.3) is 0 Å². The van der Waals surface area contributed by atoms with Crippen LogP contribution >= 0.6 is 11.3 Å². The van der Waals surface area contributed by atoms with Crippen molar-refractivity contribution >= 4 is 27.3 Å². The third kappa shape index (κ3) is 3.21. The van der Waals surface area contributed by atoms with Gasteiger partial charge in [-0.25, -0.2) is 17.9 Å². The molecule has 2 aromatic rings. The van der Waals surface area contributed by atoms with Crippen molar-refractivity contribution in [1.82, 2.24) is 9.71 Å². The maximum absolute atomic E-state index is 12.1. The predicted molar refractivity (Wildman–Crippen MR) is 74.3 cm³/mol. The molecule has 20 heavy (non-hydrogen) atoms. The van der Waals surface area contributed by atoms with Gasteiger partial charge in [-0.1, -0.05) is 6.07 Å². The molecule has 2 aromatic heterocycles. The van der Waals surface area contributed by atoms with E-state index in [4.69, 9.17) is 5.11 Å². The highest BCUT2D eigenvalue weighted by Gasteiger charge is 2.21. The molecule has 0 bridgehead atoms. The van der Waals surface area contributed by atoms with E-state index < -0.39 is 16.0 Å². The average Bonchev–Trinajstić information content (AvgIpc) is 2.81. The summed E-state index contributed by atoms with van der Waals surface area (Å²) in [5.74, 6) is -1.13. The second-order valence-corrected chi connectivity index (χ2v) is 7.01. The van der Waals surface area contributed by atoms with Crippen LogP contribution in [0.2, 0.25) is 0 Å². The van der Waals surface area contributed by atoms with E-state index in [1.807, 2.05) is 0 Å². The Morgan fingerprint density at radius 3 is 2.80 bits per heavy atom. The Kier molecular flexibility index (Phi) is 4.17. The number of sulfonamides is 1. The summed E-state index contributed by atoms with van der Waals surface area (Å²) in [5.41, 5.74) is 0.724. The molecule has 0 saturated carbocycles. The molecule has 0 atom stereocenters. The van der Waals surface area contributed by atoms with Crippen molar-refractivity contribution in [2.45, 2.75) is 18.4 Å². The van der Waals surface area contributed by atoms with E-state index in [9.17, 15) is 13.2 Å². The number of carboxylic acids is 1. The Morgan fingerprint density at radius 1 is 1.50 bits per heavy atom. The number of aromatic nitrogens is 1. The fourth-order valence-electron chi connectivity index (χ4n) is 1.60. The maximum Gasteiger partial charge on any atom is 0.345 e. The largest absolute Gasteiger partial charge is 0.477 e. The topological polar surface area (TPSA) is 96.4 Å². The number of carboxylic acid groups (broad SMARTS) is 1. The fourth-order valence-corrected chi connectivity index (χ4v) is 4.04. The van der Waals surface area contributed by atoms with Gasteiger partial charge in [-0.2, -0.15) is 0 Å². The van der Waals surface area contributed by atoms with Crippen LogP contribution in [0, 0.1) is 6.92 Å². The molecular formula is C12H12N2O4S2. The molecule has 0 aliphatic rings. The molecule has 0 saturated heterocycles. The van der Waals surface area contributed by atoms with E-state index in [1.54, 1.807) is 31.5 Å². The first-order chi connectivity index (χ1) is 9.40. The van der Waals surface area contributed by atoms with E-state index in [0.717, 1.165) is 16.9 Å². The number of rotatable bonds is 5. The lowest BCUT2D eigenvalue weighted by atomic mass is 10.3. The Bertz CT molecular complexity index is 723. The minimum absolute atomic E-state index is 0.00351. The standard InChI is InChI=1S/C12H12N2O4S2/c1-8-11(5-10(19-8)12(15)16)20(17,18)14-7-9-3-2-4-13-6-9/h2-6,14H,7H2,1H3,(H,15,16). The Morgan fingerprint density at radius 2 is 2.25 bits per heavy atom. The molecule has 106 valence electrons. The molecule has 0 fully saturated rings. The Hall–Kier alpha value is -1.77. The average molecular weight is 312 g/mol. The molecule has 6 nitrogen and oxygen atoms in total. The monoisotopic (exact) mass is 312 g/mol. The quantitative estimate of drug-likeness (QED) is 0.874. The summed E-state index contributed by atoms with van der Waals surface area (Å²) in [6.07, 6.45) is 3.16.